The zero-order valence-corrected chi connectivity index (χ0v) is 13.7. The Morgan fingerprint density at radius 3 is 2.83 bits per heavy atom. The van der Waals surface area contributed by atoms with Gasteiger partial charge in [-0.3, -0.25) is 9.59 Å². The molecule has 0 bridgehead atoms. The molecule has 0 aliphatic heterocycles. The maximum atomic E-state index is 12.5. The van der Waals surface area contributed by atoms with Crippen molar-refractivity contribution in [2.24, 2.45) is 7.05 Å². The number of aromatic nitrogens is 2. The summed E-state index contributed by atoms with van der Waals surface area (Å²) in [5, 5.41) is 13.0. The van der Waals surface area contributed by atoms with Crippen molar-refractivity contribution in [3.8, 4) is 5.75 Å². The highest BCUT2D eigenvalue weighted by atomic mass is 32.1. The van der Waals surface area contributed by atoms with Crippen molar-refractivity contribution >= 4 is 33.1 Å². The van der Waals surface area contributed by atoms with E-state index in [2.05, 4.69) is 10.3 Å². The Morgan fingerprint density at radius 2 is 2.09 bits per heavy atom. The van der Waals surface area contributed by atoms with Crippen molar-refractivity contribution in [2.45, 2.75) is 13.8 Å². The normalized spacial score (nSPS) is 10.9. The van der Waals surface area contributed by atoms with Gasteiger partial charge in [-0.1, -0.05) is 6.07 Å². The number of benzene rings is 1. The Morgan fingerprint density at radius 1 is 1.35 bits per heavy atom. The number of nitrogens with zero attached hydrogens (tertiary/aromatic N) is 2. The van der Waals surface area contributed by atoms with E-state index in [1.807, 2.05) is 6.92 Å². The summed E-state index contributed by atoms with van der Waals surface area (Å²) in [6, 6.07) is 4.97. The zero-order chi connectivity index (χ0) is 16.7. The smallest absolute Gasteiger partial charge is 0.266 e. The molecule has 6 nitrogen and oxygen atoms in total. The molecule has 0 atom stereocenters. The van der Waals surface area contributed by atoms with E-state index in [-0.39, 0.29) is 17.2 Å². The number of hydrogen-bond donors (Lipinski definition) is 2. The van der Waals surface area contributed by atoms with Crippen LogP contribution >= 0.6 is 11.3 Å². The molecule has 118 valence electrons. The number of phenolic OH excluding ortho intramolecular Hbond substituents is 1. The van der Waals surface area contributed by atoms with E-state index >= 15 is 0 Å². The number of carbonyl (C=O) groups is 1. The Bertz CT molecular complexity index is 988. The van der Waals surface area contributed by atoms with Crippen LogP contribution in [0.3, 0.4) is 0 Å². The minimum atomic E-state index is -0.367. The van der Waals surface area contributed by atoms with Crippen LogP contribution in [0.2, 0.25) is 0 Å². The number of aryl methyl sites for hydroxylation is 3. The topological polar surface area (TPSA) is 84.2 Å². The third-order valence-corrected chi connectivity index (χ3v) is 4.82. The molecule has 2 heterocycles. The lowest BCUT2D eigenvalue weighted by Crippen LogP contribution is -2.17. The van der Waals surface area contributed by atoms with Gasteiger partial charge in [0.15, 0.2) is 0 Å². The minimum absolute atomic E-state index is 0.00301. The second-order valence-corrected chi connectivity index (χ2v) is 6.37. The van der Waals surface area contributed by atoms with Gasteiger partial charge in [0.05, 0.1) is 22.3 Å². The molecule has 0 aliphatic carbocycles. The average molecular weight is 329 g/mol. The Balaban J connectivity index is 2.05. The maximum Gasteiger partial charge on any atom is 0.266 e. The number of hydrogen-bond acceptors (Lipinski definition) is 5. The monoisotopic (exact) mass is 329 g/mol. The van der Waals surface area contributed by atoms with Crippen LogP contribution in [0, 0.1) is 13.8 Å². The third kappa shape index (κ3) is 2.59. The Hall–Kier alpha value is -2.67. The fourth-order valence-corrected chi connectivity index (χ4v) is 3.39. The lowest BCUT2D eigenvalue weighted by molar-refractivity contribution is 0.102. The van der Waals surface area contributed by atoms with Gasteiger partial charge in [-0.05, 0) is 37.1 Å². The van der Waals surface area contributed by atoms with E-state index in [0.29, 0.717) is 26.3 Å². The standard InChI is InChI=1S/C16H15N3O3S/c1-8-4-5-11(20)10(6-8)18-14(21)13-9(2)12-15(23-13)17-7-19(3)16(12)22/h4-7,20H,1-3H3,(H,18,21). The molecular weight excluding hydrogens is 314 g/mol. The van der Waals surface area contributed by atoms with Crippen molar-refractivity contribution in [3.63, 3.8) is 0 Å². The Labute approximate surface area is 136 Å². The number of rotatable bonds is 2. The van der Waals surface area contributed by atoms with Gasteiger partial charge in [-0.25, -0.2) is 4.98 Å². The van der Waals surface area contributed by atoms with E-state index in [9.17, 15) is 14.7 Å². The van der Waals surface area contributed by atoms with Gasteiger partial charge < -0.3 is 15.0 Å². The average Bonchev–Trinajstić information content (AvgIpc) is 2.84. The number of nitrogens with one attached hydrogen (secondary N) is 1. The number of thiophene rings is 1. The number of phenols is 1. The molecule has 2 N–H and O–H groups in total. The van der Waals surface area contributed by atoms with E-state index < -0.39 is 0 Å². The fraction of sp³-hybridized carbons (Fsp3) is 0.188. The number of fused-ring (bicyclic) bond motifs is 1. The van der Waals surface area contributed by atoms with Crippen LogP contribution in [0.15, 0.2) is 29.3 Å². The van der Waals surface area contributed by atoms with Gasteiger partial charge in [-0.15, -0.1) is 11.3 Å². The highest BCUT2D eigenvalue weighted by molar-refractivity contribution is 7.20. The van der Waals surface area contributed by atoms with Gasteiger partial charge in [0, 0.05) is 7.05 Å². The van der Waals surface area contributed by atoms with E-state index in [0.717, 1.165) is 5.56 Å². The van der Waals surface area contributed by atoms with Crippen LogP contribution in [0.1, 0.15) is 20.8 Å². The van der Waals surface area contributed by atoms with Crippen LogP contribution in [0.4, 0.5) is 5.69 Å². The molecule has 0 saturated heterocycles. The zero-order valence-electron chi connectivity index (χ0n) is 12.9. The molecule has 3 aromatic rings. The van der Waals surface area contributed by atoms with E-state index in [1.165, 1.54) is 28.3 Å². The summed E-state index contributed by atoms with van der Waals surface area (Å²) in [5.74, 6) is -0.370. The van der Waals surface area contributed by atoms with Crippen molar-refractivity contribution in [2.75, 3.05) is 5.32 Å². The van der Waals surface area contributed by atoms with Crippen LogP contribution in [-0.2, 0) is 7.05 Å². The molecule has 0 fully saturated rings. The van der Waals surface area contributed by atoms with Crippen molar-refractivity contribution < 1.29 is 9.90 Å². The summed E-state index contributed by atoms with van der Waals surface area (Å²) in [4.78, 5) is 29.9. The first kappa shape index (κ1) is 15.2. The van der Waals surface area contributed by atoms with Crippen LogP contribution in [0.5, 0.6) is 5.75 Å². The molecule has 0 radical (unpaired) electrons. The lowest BCUT2D eigenvalue weighted by Gasteiger charge is -2.07. The summed E-state index contributed by atoms with van der Waals surface area (Å²) in [5.41, 5.74) is 1.68. The molecule has 0 aliphatic rings. The van der Waals surface area contributed by atoms with Crippen LogP contribution < -0.4 is 10.9 Å². The molecule has 23 heavy (non-hydrogen) atoms. The van der Waals surface area contributed by atoms with Crippen molar-refractivity contribution in [1.82, 2.24) is 9.55 Å². The fourth-order valence-electron chi connectivity index (χ4n) is 2.35. The van der Waals surface area contributed by atoms with Crippen LogP contribution in [0.25, 0.3) is 10.2 Å². The van der Waals surface area contributed by atoms with Gasteiger partial charge in [-0.2, -0.15) is 0 Å². The predicted molar refractivity (Wildman–Crippen MR) is 90.4 cm³/mol. The van der Waals surface area contributed by atoms with Gasteiger partial charge >= 0.3 is 0 Å². The summed E-state index contributed by atoms with van der Waals surface area (Å²) < 4.78 is 1.39. The molecule has 0 spiro atoms. The molecule has 3 rings (SSSR count). The molecule has 7 heteroatoms. The number of anilines is 1. The molecule has 2 aromatic heterocycles. The first-order chi connectivity index (χ1) is 10.9. The number of aromatic hydroxyl groups is 1. The maximum absolute atomic E-state index is 12.5. The SMILES string of the molecule is Cc1ccc(O)c(NC(=O)c2sc3ncn(C)c(=O)c3c2C)c1. The second kappa shape index (κ2) is 5.51. The van der Waals surface area contributed by atoms with E-state index in [1.54, 1.807) is 26.1 Å². The summed E-state index contributed by atoms with van der Waals surface area (Å²) in [7, 11) is 1.62. The van der Waals surface area contributed by atoms with Crippen molar-refractivity contribution in [3.05, 3.63) is 50.9 Å². The molecule has 1 amide bonds. The summed E-state index contributed by atoms with van der Waals surface area (Å²) in [6.07, 6.45) is 1.44. The predicted octanol–water partition coefficient (Wildman–Crippen LogP) is 2.57. The van der Waals surface area contributed by atoms with Gasteiger partial charge in [0.2, 0.25) is 0 Å². The quantitative estimate of drug-likeness (QED) is 0.708. The van der Waals surface area contributed by atoms with E-state index in [4.69, 9.17) is 0 Å². The number of carbonyl (C=O) groups excluding carboxylic acids is 1. The largest absolute Gasteiger partial charge is 0.506 e. The minimum Gasteiger partial charge on any atom is -0.506 e. The highest BCUT2D eigenvalue weighted by Crippen LogP contribution is 2.29. The molecule has 0 saturated carbocycles. The molecular formula is C16H15N3O3S. The first-order valence-corrected chi connectivity index (χ1v) is 7.76. The summed E-state index contributed by atoms with van der Waals surface area (Å²) >= 11 is 1.17. The summed E-state index contributed by atoms with van der Waals surface area (Å²) in [6.45, 7) is 3.60. The highest BCUT2D eigenvalue weighted by Gasteiger charge is 2.19. The first-order valence-electron chi connectivity index (χ1n) is 6.94. The second-order valence-electron chi connectivity index (χ2n) is 5.37. The van der Waals surface area contributed by atoms with Crippen molar-refractivity contribution in [1.29, 1.82) is 0 Å². The lowest BCUT2D eigenvalue weighted by atomic mass is 10.2. The van der Waals surface area contributed by atoms with Gasteiger partial charge in [0.25, 0.3) is 11.5 Å². The Kier molecular flexibility index (Phi) is 3.65. The third-order valence-electron chi connectivity index (χ3n) is 3.62. The van der Waals surface area contributed by atoms with Gasteiger partial charge in [0.1, 0.15) is 10.6 Å². The molecule has 1 aromatic carbocycles. The van der Waals surface area contributed by atoms with Crippen LogP contribution in [-0.4, -0.2) is 20.6 Å². The number of amides is 1. The molecule has 0 unspecified atom stereocenters.